The zero-order chi connectivity index (χ0) is 17.2. The Labute approximate surface area is 133 Å². The number of carbonyl (C=O) groups is 1. The second kappa shape index (κ2) is 6.19. The number of alkyl halides is 3. The van der Waals surface area contributed by atoms with Gasteiger partial charge in [-0.1, -0.05) is 0 Å². The van der Waals surface area contributed by atoms with E-state index in [-0.39, 0.29) is 17.3 Å². The summed E-state index contributed by atoms with van der Waals surface area (Å²) in [6.07, 6.45) is -0.932. The fourth-order valence-corrected chi connectivity index (χ4v) is 1.95. The molecule has 24 heavy (non-hydrogen) atoms. The number of aldehydes is 1. The molecular weight excluding hydrogens is 327 g/mol. The van der Waals surface area contributed by atoms with E-state index in [2.05, 4.69) is 10.1 Å². The predicted octanol–water partition coefficient (Wildman–Crippen LogP) is 3.28. The Kier molecular flexibility index (Phi) is 4.07. The Balaban J connectivity index is 1.84. The van der Waals surface area contributed by atoms with Crippen LogP contribution >= 0.6 is 0 Å². The third-order valence-corrected chi connectivity index (χ3v) is 2.92. The Hall–Kier alpha value is -3.10. The molecule has 0 radical (unpaired) electrons. The van der Waals surface area contributed by atoms with E-state index in [1.54, 1.807) is 18.3 Å². The molecule has 0 saturated carbocycles. The maximum Gasteiger partial charge on any atom is 0.422 e. The molecule has 124 valence electrons. The van der Waals surface area contributed by atoms with Crippen LogP contribution in [0.2, 0.25) is 0 Å². The fourth-order valence-electron chi connectivity index (χ4n) is 1.95. The minimum Gasteiger partial charge on any atom is -0.478 e. The van der Waals surface area contributed by atoms with Gasteiger partial charge in [-0.05, 0) is 24.3 Å². The van der Waals surface area contributed by atoms with E-state index in [0.29, 0.717) is 17.6 Å². The van der Waals surface area contributed by atoms with Gasteiger partial charge in [-0.15, -0.1) is 0 Å². The fraction of sp³-hybridized carbons (Fsp3) is 0.133. The van der Waals surface area contributed by atoms with Crippen LogP contribution in [0.15, 0.2) is 42.7 Å². The molecule has 0 unspecified atom stereocenters. The number of fused-ring (bicyclic) bond motifs is 1. The summed E-state index contributed by atoms with van der Waals surface area (Å²) in [5.41, 5.74) is 0.836. The van der Waals surface area contributed by atoms with Crippen molar-refractivity contribution in [3.8, 4) is 17.4 Å². The first-order valence-electron chi connectivity index (χ1n) is 6.72. The summed E-state index contributed by atoms with van der Waals surface area (Å²) in [7, 11) is 0. The van der Waals surface area contributed by atoms with Crippen molar-refractivity contribution in [1.82, 2.24) is 14.6 Å². The third kappa shape index (κ3) is 3.62. The van der Waals surface area contributed by atoms with Gasteiger partial charge in [0.25, 0.3) is 5.88 Å². The highest BCUT2D eigenvalue weighted by Crippen LogP contribution is 2.30. The summed E-state index contributed by atoms with van der Waals surface area (Å²) in [6, 6.07) is 7.42. The molecule has 0 N–H and O–H groups in total. The first-order chi connectivity index (χ1) is 11.4. The molecule has 0 aliphatic heterocycles. The largest absolute Gasteiger partial charge is 0.478 e. The van der Waals surface area contributed by atoms with Crippen LogP contribution in [0, 0.1) is 0 Å². The van der Waals surface area contributed by atoms with Crippen molar-refractivity contribution in [3.63, 3.8) is 0 Å². The zero-order valence-corrected chi connectivity index (χ0v) is 12.0. The average Bonchev–Trinajstić information content (AvgIpc) is 2.95. The normalized spacial score (nSPS) is 11.5. The summed E-state index contributed by atoms with van der Waals surface area (Å²) in [6.45, 7) is -1.45. The van der Waals surface area contributed by atoms with Crippen LogP contribution in [-0.4, -0.2) is 33.7 Å². The molecule has 3 heterocycles. The second-order valence-electron chi connectivity index (χ2n) is 4.73. The Morgan fingerprint density at radius 3 is 2.83 bits per heavy atom. The molecule has 0 spiro atoms. The highest BCUT2D eigenvalue weighted by molar-refractivity contribution is 5.75. The van der Waals surface area contributed by atoms with Gasteiger partial charge in [0.15, 0.2) is 18.6 Å². The van der Waals surface area contributed by atoms with Crippen molar-refractivity contribution >= 4 is 11.8 Å². The van der Waals surface area contributed by atoms with Gasteiger partial charge in [0.1, 0.15) is 11.4 Å². The summed E-state index contributed by atoms with van der Waals surface area (Å²) < 4.78 is 48.5. The van der Waals surface area contributed by atoms with Gasteiger partial charge >= 0.3 is 6.18 Å². The molecule has 0 bridgehead atoms. The summed E-state index contributed by atoms with van der Waals surface area (Å²) in [5.74, 6) is 0.0911. The molecule has 9 heteroatoms. The lowest BCUT2D eigenvalue weighted by molar-refractivity contribution is -0.153. The first-order valence-corrected chi connectivity index (χ1v) is 6.72. The zero-order valence-electron chi connectivity index (χ0n) is 12.0. The van der Waals surface area contributed by atoms with Gasteiger partial charge in [0, 0.05) is 18.5 Å². The maximum absolute atomic E-state index is 12.3. The van der Waals surface area contributed by atoms with E-state index in [4.69, 9.17) is 9.47 Å². The lowest BCUT2D eigenvalue weighted by Crippen LogP contribution is -2.19. The van der Waals surface area contributed by atoms with Gasteiger partial charge in [-0.2, -0.15) is 18.3 Å². The molecule has 3 rings (SSSR count). The van der Waals surface area contributed by atoms with Crippen LogP contribution in [0.1, 0.15) is 10.5 Å². The minimum absolute atomic E-state index is 0.0961. The number of aromatic nitrogens is 3. The molecule has 0 aromatic carbocycles. The van der Waals surface area contributed by atoms with Crippen molar-refractivity contribution in [2.75, 3.05) is 6.61 Å². The molecule has 6 nitrogen and oxygen atoms in total. The second-order valence-corrected chi connectivity index (χ2v) is 4.73. The Bertz CT molecular complexity index is 877. The highest BCUT2D eigenvalue weighted by atomic mass is 19.4. The van der Waals surface area contributed by atoms with Gasteiger partial charge in [-0.25, -0.2) is 9.50 Å². The van der Waals surface area contributed by atoms with E-state index < -0.39 is 12.8 Å². The lowest BCUT2D eigenvalue weighted by atomic mass is 10.3. The third-order valence-electron chi connectivity index (χ3n) is 2.92. The summed E-state index contributed by atoms with van der Waals surface area (Å²) in [5, 5.41) is 3.98. The highest BCUT2D eigenvalue weighted by Gasteiger charge is 2.29. The smallest absolute Gasteiger partial charge is 0.422 e. The molecule has 0 fully saturated rings. The summed E-state index contributed by atoms with van der Waals surface area (Å²) in [4.78, 5) is 14.6. The first kappa shape index (κ1) is 15.8. The molecule has 3 aromatic heterocycles. The van der Waals surface area contributed by atoms with Crippen LogP contribution in [0.3, 0.4) is 0 Å². The summed E-state index contributed by atoms with van der Waals surface area (Å²) >= 11 is 0. The molecule has 0 amide bonds. The van der Waals surface area contributed by atoms with Crippen LogP contribution in [-0.2, 0) is 0 Å². The van der Waals surface area contributed by atoms with Crippen LogP contribution in [0.4, 0.5) is 13.2 Å². The quantitative estimate of drug-likeness (QED) is 0.669. The molecular formula is C15H10F3N3O3. The van der Waals surface area contributed by atoms with Crippen molar-refractivity contribution < 1.29 is 27.4 Å². The van der Waals surface area contributed by atoms with Gasteiger partial charge in [-0.3, -0.25) is 4.79 Å². The number of pyridine rings is 2. The van der Waals surface area contributed by atoms with Crippen molar-refractivity contribution in [3.05, 3.63) is 48.4 Å². The standard InChI is InChI=1S/C15H10F3N3O3/c16-15(17,18)9-23-13-2-1-4-19-14(13)24-12-3-5-21-11(7-12)6-10(8-22)20-21/h1-8H,9H2. The van der Waals surface area contributed by atoms with E-state index in [9.17, 15) is 18.0 Å². The van der Waals surface area contributed by atoms with Crippen molar-refractivity contribution in [2.24, 2.45) is 0 Å². The number of halogens is 3. The van der Waals surface area contributed by atoms with E-state index in [1.807, 2.05) is 0 Å². The molecule has 3 aromatic rings. The Morgan fingerprint density at radius 2 is 2.08 bits per heavy atom. The topological polar surface area (TPSA) is 65.7 Å². The van der Waals surface area contributed by atoms with Crippen LogP contribution in [0.5, 0.6) is 17.4 Å². The average molecular weight is 337 g/mol. The van der Waals surface area contributed by atoms with Gasteiger partial charge in [0.2, 0.25) is 0 Å². The number of ether oxygens (including phenoxy) is 2. The van der Waals surface area contributed by atoms with E-state index in [1.165, 1.54) is 28.9 Å². The molecule has 0 saturated heterocycles. The number of rotatable bonds is 5. The Morgan fingerprint density at radius 1 is 1.25 bits per heavy atom. The van der Waals surface area contributed by atoms with Crippen LogP contribution in [0.25, 0.3) is 5.52 Å². The SMILES string of the molecule is O=Cc1cc2cc(Oc3ncccc3OCC(F)(F)F)ccn2n1. The molecule has 0 aliphatic carbocycles. The minimum atomic E-state index is -4.46. The number of hydrogen-bond donors (Lipinski definition) is 0. The van der Waals surface area contributed by atoms with Gasteiger partial charge in [0.05, 0.1) is 5.52 Å². The monoisotopic (exact) mass is 337 g/mol. The van der Waals surface area contributed by atoms with Gasteiger partial charge < -0.3 is 9.47 Å². The number of nitrogens with zero attached hydrogens (tertiary/aromatic N) is 3. The maximum atomic E-state index is 12.3. The molecule has 0 atom stereocenters. The van der Waals surface area contributed by atoms with Crippen molar-refractivity contribution in [1.29, 1.82) is 0 Å². The molecule has 0 aliphatic rings. The van der Waals surface area contributed by atoms with E-state index >= 15 is 0 Å². The van der Waals surface area contributed by atoms with E-state index in [0.717, 1.165) is 0 Å². The van der Waals surface area contributed by atoms with Crippen LogP contribution < -0.4 is 9.47 Å². The predicted molar refractivity (Wildman–Crippen MR) is 76.4 cm³/mol. The number of hydrogen-bond acceptors (Lipinski definition) is 5. The lowest BCUT2D eigenvalue weighted by Gasteiger charge is -2.12. The van der Waals surface area contributed by atoms with Crippen molar-refractivity contribution in [2.45, 2.75) is 6.18 Å². The number of carbonyl (C=O) groups excluding carboxylic acids is 1.